The molecule has 0 bridgehead atoms. The fourth-order valence-corrected chi connectivity index (χ4v) is 2.60. The molecule has 2 rings (SSSR count). The molecular formula is C22H19F5N4O6. The summed E-state index contributed by atoms with van der Waals surface area (Å²) < 4.78 is 76.2. The van der Waals surface area contributed by atoms with Crippen LogP contribution in [0.5, 0.6) is 5.88 Å². The van der Waals surface area contributed by atoms with Crippen molar-refractivity contribution in [2.45, 2.75) is 32.5 Å². The van der Waals surface area contributed by atoms with Crippen molar-refractivity contribution < 1.29 is 45.9 Å². The van der Waals surface area contributed by atoms with Gasteiger partial charge in [-0.15, -0.1) is 0 Å². The van der Waals surface area contributed by atoms with Gasteiger partial charge >= 0.3 is 23.9 Å². The Balaban J connectivity index is 2.58. The maximum Gasteiger partial charge on any atom is 0.471 e. The third-order valence-electron chi connectivity index (χ3n) is 4.16. The first-order valence-electron chi connectivity index (χ1n) is 10.1. The number of carbonyl (C=O) groups is 2. The second kappa shape index (κ2) is 11.1. The molecule has 0 radical (unpaired) electrons. The Morgan fingerprint density at radius 3 is 2.35 bits per heavy atom. The molecule has 0 aliphatic heterocycles. The number of anilines is 2. The Morgan fingerprint density at radius 1 is 1.16 bits per heavy atom. The Morgan fingerprint density at radius 2 is 1.81 bits per heavy atom. The summed E-state index contributed by atoms with van der Waals surface area (Å²) in [4.78, 5) is 39.3. The van der Waals surface area contributed by atoms with E-state index in [-0.39, 0.29) is 5.88 Å². The molecule has 1 N–H and O–H groups in total. The molecule has 0 fully saturated rings. The first kappa shape index (κ1) is 28.8. The van der Waals surface area contributed by atoms with Crippen molar-refractivity contribution in [3.63, 3.8) is 0 Å². The van der Waals surface area contributed by atoms with Gasteiger partial charge < -0.3 is 14.8 Å². The quantitative estimate of drug-likeness (QED) is 0.260. The minimum atomic E-state index is -5.33. The number of pyridine rings is 1. The number of nitrogens with zero attached hydrogens (tertiary/aromatic N) is 3. The van der Waals surface area contributed by atoms with Crippen molar-refractivity contribution in [3.05, 3.63) is 51.6 Å². The van der Waals surface area contributed by atoms with Crippen molar-refractivity contribution in [3.8, 4) is 17.7 Å². The molecule has 15 heteroatoms. The summed E-state index contributed by atoms with van der Waals surface area (Å²) in [5.74, 6) is -2.05. The normalized spacial score (nSPS) is 11.2. The highest BCUT2D eigenvalue weighted by Crippen LogP contribution is 2.30. The van der Waals surface area contributed by atoms with Crippen LogP contribution in [0.1, 0.15) is 26.3 Å². The van der Waals surface area contributed by atoms with Gasteiger partial charge in [0.05, 0.1) is 29.8 Å². The van der Waals surface area contributed by atoms with E-state index in [1.165, 1.54) is 33.2 Å². The number of hydrogen-bond acceptors (Lipinski definition) is 7. The van der Waals surface area contributed by atoms with Gasteiger partial charge in [0.1, 0.15) is 5.60 Å². The molecule has 1 heterocycles. The Hall–Kier alpha value is -4.48. The van der Waals surface area contributed by atoms with E-state index in [1.807, 2.05) is 5.92 Å². The van der Waals surface area contributed by atoms with Gasteiger partial charge in [-0.1, -0.05) is 11.8 Å². The molecule has 1 aromatic heterocycles. The van der Waals surface area contributed by atoms with E-state index in [0.717, 1.165) is 12.1 Å². The highest BCUT2D eigenvalue weighted by molar-refractivity contribution is 5.96. The summed E-state index contributed by atoms with van der Waals surface area (Å²) in [6.45, 7) is 3.72. The maximum absolute atomic E-state index is 14.4. The van der Waals surface area contributed by atoms with Crippen LogP contribution in [0.3, 0.4) is 0 Å². The van der Waals surface area contributed by atoms with Crippen molar-refractivity contribution in [1.82, 2.24) is 4.98 Å². The number of carbonyl (C=O) groups excluding carboxylic acids is 2. The van der Waals surface area contributed by atoms with Crippen LogP contribution in [0.15, 0.2) is 24.3 Å². The number of ether oxygens (including phenoxy) is 2. The minimum absolute atomic E-state index is 0.129. The molecular weight excluding hydrogens is 511 g/mol. The molecule has 37 heavy (non-hydrogen) atoms. The number of nitro groups is 1. The molecule has 1 aromatic carbocycles. The van der Waals surface area contributed by atoms with E-state index in [4.69, 9.17) is 9.47 Å². The Kier molecular flexibility index (Phi) is 8.60. The molecule has 2 amide bonds. The van der Waals surface area contributed by atoms with E-state index in [2.05, 4.69) is 10.9 Å². The molecule has 0 aliphatic rings. The van der Waals surface area contributed by atoms with E-state index in [0.29, 0.717) is 17.0 Å². The van der Waals surface area contributed by atoms with Crippen LogP contribution in [0.2, 0.25) is 0 Å². The topological polar surface area (TPSA) is 124 Å². The van der Waals surface area contributed by atoms with Crippen LogP contribution in [0.4, 0.5) is 43.9 Å². The maximum atomic E-state index is 14.4. The number of hydrogen-bond donors (Lipinski definition) is 1. The van der Waals surface area contributed by atoms with Crippen LogP contribution in [0, 0.1) is 33.6 Å². The number of benzene rings is 1. The van der Waals surface area contributed by atoms with Gasteiger partial charge in [0.25, 0.3) is 0 Å². The third-order valence-corrected chi connectivity index (χ3v) is 4.16. The molecule has 0 atom stereocenters. The predicted octanol–water partition coefficient (Wildman–Crippen LogP) is 4.57. The third kappa shape index (κ3) is 7.50. The monoisotopic (exact) mass is 530 g/mol. The van der Waals surface area contributed by atoms with Gasteiger partial charge in [-0.05, 0) is 32.9 Å². The summed E-state index contributed by atoms with van der Waals surface area (Å²) >= 11 is 0. The van der Waals surface area contributed by atoms with Gasteiger partial charge in [-0.2, -0.15) is 18.2 Å². The number of methoxy groups -OCH3 is 1. The fraction of sp³-hybridized carbons (Fsp3) is 0.318. The number of aromatic nitrogens is 1. The molecule has 0 unspecified atom stereocenters. The fourth-order valence-electron chi connectivity index (χ4n) is 2.60. The zero-order valence-electron chi connectivity index (χ0n) is 19.7. The molecule has 2 aromatic rings. The zero-order valence-corrected chi connectivity index (χ0v) is 19.7. The van der Waals surface area contributed by atoms with E-state index in [1.54, 1.807) is 0 Å². The van der Waals surface area contributed by atoms with Crippen LogP contribution < -0.4 is 15.0 Å². The molecule has 0 spiro atoms. The van der Waals surface area contributed by atoms with Gasteiger partial charge in [0.2, 0.25) is 11.7 Å². The average molecular weight is 530 g/mol. The van der Waals surface area contributed by atoms with Crippen LogP contribution in [-0.4, -0.2) is 47.3 Å². The highest BCUT2D eigenvalue weighted by Gasteiger charge is 2.39. The second-order valence-electron chi connectivity index (χ2n) is 8.06. The van der Waals surface area contributed by atoms with E-state index >= 15 is 0 Å². The summed E-state index contributed by atoms with van der Waals surface area (Å²) in [6, 6.07) is 3.27. The largest absolute Gasteiger partial charge is 0.481 e. The first-order chi connectivity index (χ1) is 17.0. The molecule has 198 valence electrons. The Labute approximate surface area is 206 Å². The zero-order chi connectivity index (χ0) is 28.1. The van der Waals surface area contributed by atoms with Crippen molar-refractivity contribution in [2.24, 2.45) is 0 Å². The molecule has 0 aliphatic carbocycles. The second-order valence-corrected chi connectivity index (χ2v) is 8.06. The lowest BCUT2D eigenvalue weighted by Crippen LogP contribution is -2.38. The lowest BCUT2D eigenvalue weighted by Gasteiger charge is -2.25. The van der Waals surface area contributed by atoms with Gasteiger partial charge in [0, 0.05) is 12.1 Å². The summed E-state index contributed by atoms with van der Waals surface area (Å²) in [5.41, 5.74) is -3.51. The molecule has 0 saturated heterocycles. The summed E-state index contributed by atoms with van der Waals surface area (Å²) in [7, 11) is 1.21. The predicted molar refractivity (Wildman–Crippen MR) is 119 cm³/mol. The minimum Gasteiger partial charge on any atom is -0.481 e. The number of amides is 2. The molecule has 10 nitrogen and oxygen atoms in total. The summed E-state index contributed by atoms with van der Waals surface area (Å²) in [6.07, 6.45) is -6.50. The SMILES string of the molecule is COc1ccc([N+](=O)[O-])c(N(CC#Cc2c(NC(=O)C(F)(F)F)ccc(F)c2F)C(=O)OC(C)(C)C)n1. The first-order valence-corrected chi connectivity index (χ1v) is 10.1. The Bertz CT molecular complexity index is 1280. The van der Waals surface area contributed by atoms with Crippen LogP contribution >= 0.6 is 0 Å². The lowest BCUT2D eigenvalue weighted by molar-refractivity contribution is -0.384. The number of halogens is 5. The van der Waals surface area contributed by atoms with Crippen molar-refractivity contribution in [2.75, 3.05) is 23.9 Å². The molecule has 0 saturated carbocycles. The summed E-state index contributed by atoms with van der Waals surface area (Å²) in [5, 5.41) is 12.9. The van der Waals surface area contributed by atoms with Crippen molar-refractivity contribution in [1.29, 1.82) is 0 Å². The van der Waals surface area contributed by atoms with Crippen molar-refractivity contribution >= 4 is 29.2 Å². The smallest absolute Gasteiger partial charge is 0.471 e. The van der Waals surface area contributed by atoms with E-state index in [9.17, 15) is 41.7 Å². The number of rotatable bonds is 5. The highest BCUT2D eigenvalue weighted by atomic mass is 19.4. The average Bonchev–Trinajstić information content (AvgIpc) is 2.78. The lowest BCUT2D eigenvalue weighted by atomic mass is 10.1. The number of nitrogens with one attached hydrogen (secondary N) is 1. The number of alkyl halides is 3. The van der Waals surface area contributed by atoms with E-state index < -0.39 is 69.6 Å². The van der Waals surface area contributed by atoms with Gasteiger partial charge in [0.15, 0.2) is 11.6 Å². The van der Waals surface area contributed by atoms with Crippen LogP contribution in [0.25, 0.3) is 0 Å². The van der Waals surface area contributed by atoms with Gasteiger partial charge in [-0.3, -0.25) is 14.9 Å². The standard InChI is InChI=1S/C22H19F5N4O6/c1-21(2,3)37-20(33)30(18-15(31(34)35)9-10-16(29-18)36-4)11-5-6-12-14(8-7-13(23)17(12)24)28-19(32)22(25,26)27/h7-10H,11H2,1-4H3,(H,28,32). The van der Waals surface area contributed by atoms with Gasteiger partial charge in [-0.25, -0.2) is 18.5 Å². The van der Waals surface area contributed by atoms with Crippen LogP contribution in [-0.2, 0) is 9.53 Å².